The van der Waals surface area contributed by atoms with Crippen LogP contribution in [0, 0.1) is 5.92 Å². The molecule has 0 aliphatic heterocycles. The summed E-state index contributed by atoms with van der Waals surface area (Å²) in [5, 5.41) is 0. The third-order valence-electron chi connectivity index (χ3n) is 2.73. The van der Waals surface area contributed by atoms with Crippen LogP contribution >= 0.6 is 15.9 Å². The average molecular weight is 283 g/mol. The maximum atomic E-state index is 5.77. The molecule has 2 rings (SSSR count). The number of aromatic nitrogens is 3. The lowest BCUT2D eigenvalue weighted by molar-refractivity contribution is 0.488. The van der Waals surface area contributed by atoms with Crippen molar-refractivity contribution in [3.63, 3.8) is 0 Å². The van der Waals surface area contributed by atoms with Crippen molar-refractivity contribution in [3.8, 4) is 0 Å². The number of pyridine rings is 1. The van der Waals surface area contributed by atoms with Crippen molar-refractivity contribution in [2.24, 2.45) is 11.7 Å². The van der Waals surface area contributed by atoms with Crippen LogP contribution in [-0.4, -0.2) is 21.5 Å². The van der Waals surface area contributed by atoms with Crippen LogP contribution in [0.3, 0.4) is 0 Å². The highest BCUT2D eigenvalue weighted by molar-refractivity contribution is 9.10. The van der Waals surface area contributed by atoms with E-state index in [9.17, 15) is 0 Å². The molecule has 2 aromatic heterocycles. The van der Waals surface area contributed by atoms with E-state index >= 15 is 0 Å². The molecule has 0 radical (unpaired) electrons. The van der Waals surface area contributed by atoms with Crippen LogP contribution in [0.1, 0.15) is 25.6 Å². The van der Waals surface area contributed by atoms with Gasteiger partial charge in [0.15, 0.2) is 5.65 Å². The lowest BCUT2D eigenvalue weighted by atomic mass is 9.95. The number of rotatable bonds is 3. The first-order chi connectivity index (χ1) is 7.61. The van der Waals surface area contributed by atoms with E-state index in [0.29, 0.717) is 12.5 Å². The second-order valence-corrected chi connectivity index (χ2v) is 5.15. The number of hydrogen-bond donors (Lipinski definition) is 2. The van der Waals surface area contributed by atoms with E-state index in [1.54, 1.807) is 6.20 Å². The second kappa shape index (κ2) is 4.51. The Bertz CT molecular complexity index is 492. The Morgan fingerprint density at radius 3 is 2.88 bits per heavy atom. The maximum absolute atomic E-state index is 5.77. The molecule has 0 amide bonds. The van der Waals surface area contributed by atoms with Gasteiger partial charge in [0.05, 0.1) is 5.52 Å². The molecule has 1 atom stereocenters. The highest BCUT2D eigenvalue weighted by Gasteiger charge is 2.18. The van der Waals surface area contributed by atoms with Crippen molar-refractivity contribution in [1.82, 2.24) is 15.0 Å². The van der Waals surface area contributed by atoms with Gasteiger partial charge in [0, 0.05) is 23.1 Å². The van der Waals surface area contributed by atoms with Crippen molar-refractivity contribution in [3.05, 3.63) is 22.6 Å². The van der Waals surface area contributed by atoms with Gasteiger partial charge in [-0.05, 0) is 27.9 Å². The van der Waals surface area contributed by atoms with Gasteiger partial charge in [-0.1, -0.05) is 13.8 Å². The number of halogens is 1. The number of nitrogens with two attached hydrogens (primary N) is 1. The van der Waals surface area contributed by atoms with E-state index in [1.807, 2.05) is 6.07 Å². The van der Waals surface area contributed by atoms with Crippen molar-refractivity contribution >= 4 is 27.1 Å². The summed E-state index contributed by atoms with van der Waals surface area (Å²) in [6.45, 7) is 4.89. The second-order valence-electron chi connectivity index (χ2n) is 4.23. The summed E-state index contributed by atoms with van der Waals surface area (Å²) in [6, 6.07) is 1.98. The first-order valence-corrected chi connectivity index (χ1v) is 6.12. The molecule has 0 fully saturated rings. The van der Waals surface area contributed by atoms with E-state index in [1.165, 1.54) is 0 Å². The summed E-state index contributed by atoms with van der Waals surface area (Å²) < 4.78 is 0.948. The highest BCUT2D eigenvalue weighted by Crippen LogP contribution is 2.23. The Morgan fingerprint density at radius 1 is 1.50 bits per heavy atom. The number of fused-ring (bicyclic) bond motifs is 1. The predicted octanol–water partition coefficient (Wildman–Crippen LogP) is 2.42. The largest absolute Gasteiger partial charge is 0.340 e. The van der Waals surface area contributed by atoms with Crippen LogP contribution in [0.25, 0.3) is 11.2 Å². The van der Waals surface area contributed by atoms with Gasteiger partial charge in [-0.15, -0.1) is 0 Å². The Hall–Kier alpha value is -0.940. The summed E-state index contributed by atoms with van der Waals surface area (Å²) in [6.07, 6.45) is 1.75. The Kier molecular flexibility index (Phi) is 3.25. The molecule has 0 saturated carbocycles. The van der Waals surface area contributed by atoms with Crippen molar-refractivity contribution in [2.75, 3.05) is 6.54 Å². The average Bonchev–Trinajstić information content (AvgIpc) is 2.60. The summed E-state index contributed by atoms with van der Waals surface area (Å²) in [5.41, 5.74) is 7.46. The topological polar surface area (TPSA) is 67.6 Å². The molecule has 0 aliphatic carbocycles. The van der Waals surface area contributed by atoms with Gasteiger partial charge < -0.3 is 10.7 Å². The molecule has 0 saturated heterocycles. The number of aromatic amines is 1. The minimum Gasteiger partial charge on any atom is -0.340 e. The molecular formula is C11H15BrN4. The molecule has 1 unspecified atom stereocenters. The first-order valence-electron chi connectivity index (χ1n) is 5.33. The Balaban J connectivity index is 2.45. The van der Waals surface area contributed by atoms with Gasteiger partial charge in [-0.25, -0.2) is 9.97 Å². The number of imidazole rings is 1. The van der Waals surface area contributed by atoms with Crippen LogP contribution in [0.2, 0.25) is 0 Å². The molecule has 0 bridgehead atoms. The fourth-order valence-corrected chi connectivity index (χ4v) is 2.10. The quantitative estimate of drug-likeness (QED) is 0.909. The Labute approximate surface area is 103 Å². The lowest BCUT2D eigenvalue weighted by Gasteiger charge is -2.15. The van der Waals surface area contributed by atoms with Crippen LogP contribution in [-0.2, 0) is 0 Å². The summed E-state index contributed by atoms with van der Waals surface area (Å²) in [7, 11) is 0. The fourth-order valence-electron chi connectivity index (χ4n) is 1.77. The minimum atomic E-state index is 0.257. The molecule has 2 aromatic rings. The maximum Gasteiger partial charge on any atom is 0.177 e. The van der Waals surface area contributed by atoms with E-state index in [0.717, 1.165) is 21.5 Å². The molecule has 5 heteroatoms. The zero-order chi connectivity index (χ0) is 11.7. The van der Waals surface area contributed by atoms with E-state index < -0.39 is 0 Å². The molecule has 4 nitrogen and oxygen atoms in total. The van der Waals surface area contributed by atoms with Crippen molar-refractivity contribution in [1.29, 1.82) is 0 Å². The molecule has 0 aromatic carbocycles. The van der Waals surface area contributed by atoms with Gasteiger partial charge in [0.1, 0.15) is 5.82 Å². The molecule has 86 valence electrons. The van der Waals surface area contributed by atoms with Crippen LogP contribution < -0.4 is 5.73 Å². The molecule has 3 N–H and O–H groups in total. The molecule has 16 heavy (non-hydrogen) atoms. The summed E-state index contributed by atoms with van der Waals surface area (Å²) in [4.78, 5) is 12.0. The minimum absolute atomic E-state index is 0.257. The third kappa shape index (κ3) is 2.10. The van der Waals surface area contributed by atoms with E-state index in [2.05, 4.69) is 44.7 Å². The van der Waals surface area contributed by atoms with Crippen molar-refractivity contribution < 1.29 is 0 Å². The van der Waals surface area contributed by atoms with Crippen LogP contribution in [0.5, 0.6) is 0 Å². The SMILES string of the molecule is CC(C)C(CN)c1nc2ncc(Br)cc2[nH]1. The molecule has 0 aliphatic rings. The Morgan fingerprint density at radius 2 is 2.25 bits per heavy atom. The molecule has 0 spiro atoms. The summed E-state index contributed by atoms with van der Waals surface area (Å²) in [5.74, 6) is 1.65. The smallest absolute Gasteiger partial charge is 0.177 e. The van der Waals surface area contributed by atoms with Gasteiger partial charge in [0.25, 0.3) is 0 Å². The summed E-state index contributed by atoms with van der Waals surface area (Å²) >= 11 is 3.39. The van der Waals surface area contributed by atoms with Gasteiger partial charge >= 0.3 is 0 Å². The number of nitrogens with one attached hydrogen (secondary N) is 1. The van der Waals surface area contributed by atoms with E-state index in [-0.39, 0.29) is 5.92 Å². The zero-order valence-corrected chi connectivity index (χ0v) is 11.0. The molecule has 2 heterocycles. The van der Waals surface area contributed by atoms with Gasteiger partial charge in [-0.3, -0.25) is 0 Å². The number of H-pyrrole nitrogens is 1. The number of nitrogens with zero attached hydrogens (tertiary/aromatic N) is 2. The van der Waals surface area contributed by atoms with Crippen molar-refractivity contribution in [2.45, 2.75) is 19.8 Å². The van der Waals surface area contributed by atoms with Crippen LogP contribution in [0.4, 0.5) is 0 Å². The fraction of sp³-hybridized carbons (Fsp3) is 0.455. The third-order valence-corrected chi connectivity index (χ3v) is 3.17. The van der Waals surface area contributed by atoms with Gasteiger partial charge in [0.2, 0.25) is 0 Å². The predicted molar refractivity (Wildman–Crippen MR) is 68.2 cm³/mol. The monoisotopic (exact) mass is 282 g/mol. The number of hydrogen-bond acceptors (Lipinski definition) is 3. The zero-order valence-electron chi connectivity index (χ0n) is 9.37. The van der Waals surface area contributed by atoms with E-state index in [4.69, 9.17) is 5.73 Å². The standard InChI is InChI=1S/C11H15BrN4/c1-6(2)8(4-13)10-15-9-3-7(12)5-14-11(9)16-10/h3,5-6,8H,4,13H2,1-2H3,(H,14,15,16). The van der Waals surface area contributed by atoms with Gasteiger partial charge in [-0.2, -0.15) is 0 Å². The molecular weight excluding hydrogens is 268 g/mol. The van der Waals surface area contributed by atoms with Crippen LogP contribution in [0.15, 0.2) is 16.7 Å². The first kappa shape index (κ1) is 11.5. The lowest BCUT2D eigenvalue weighted by Crippen LogP contribution is -2.18. The highest BCUT2D eigenvalue weighted by atomic mass is 79.9. The normalized spacial score (nSPS) is 13.6.